The summed E-state index contributed by atoms with van der Waals surface area (Å²) in [7, 11) is 0. The molecule has 6 nitrogen and oxygen atoms in total. The Bertz CT molecular complexity index is 732. The molecule has 0 aliphatic rings. The predicted octanol–water partition coefficient (Wildman–Crippen LogP) is 1.94. The Morgan fingerprint density at radius 1 is 1.08 bits per heavy atom. The number of aliphatic hydroxyl groups is 1. The molecule has 0 fully saturated rings. The van der Waals surface area contributed by atoms with Gasteiger partial charge in [0.2, 0.25) is 0 Å². The maximum absolute atomic E-state index is 12.9. The standard InChI is InChI=1S/C19H21FN2O4/c1-13-2-4-14(5-3-13)17(26-11-10-23)12-21-18(24)19(25)22-16-8-6-15(20)7-9-16/h2-9,17,23H,10-12H2,1H3,(H,21,24)(H,22,25). The number of ether oxygens (including phenoxy) is 1. The molecule has 0 bridgehead atoms. The summed E-state index contributed by atoms with van der Waals surface area (Å²) >= 11 is 0. The number of rotatable bonds is 7. The van der Waals surface area contributed by atoms with Crippen LogP contribution >= 0.6 is 0 Å². The average molecular weight is 360 g/mol. The molecule has 7 heteroatoms. The highest BCUT2D eigenvalue weighted by Crippen LogP contribution is 2.17. The molecule has 2 rings (SSSR count). The fourth-order valence-corrected chi connectivity index (χ4v) is 2.24. The van der Waals surface area contributed by atoms with E-state index in [1.54, 1.807) is 0 Å². The lowest BCUT2D eigenvalue weighted by Crippen LogP contribution is -2.38. The molecule has 2 aromatic carbocycles. The van der Waals surface area contributed by atoms with Crippen molar-refractivity contribution in [3.05, 3.63) is 65.5 Å². The monoisotopic (exact) mass is 360 g/mol. The summed E-state index contributed by atoms with van der Waals surface area (Å²) in [4.78, 5) is 23.9. The molecule has 0 aliphatic heterocycles. The van der Waals surface area contributed by atoms with Crippen molar-refractivity contribution in [3.8, 4) is 0 Å². The molecule has 26 heavy (non-hydrogen) atoms. The summed E-state index contributed by atoms with van der Waals surface area (Å²) in [5.74, 6) is -2.13. The molecule has 0 spiro atoms. The van der Waals surface area contributed by atoms with E-state index in [9.17, 15) is 14.0 Å². The van der Waals surface area contributed by atoms with Crippen LogP contribution in [0.15, 0.2) is 48.5 Å². The van der Waals surface area contributed by atoms with Gasteiger partial charge in [-0.1, -0.05) is 29.8 Å². The van der Waals surface area contributed by atoms with Crippen molar-refractivity contribution in [1.82, 2.24) is 5.32 Å². The number of hydrogen-bond acceptors (Lipinski definition) is 4. The Labute approximate surface area is 151 Å². The molecule has 0 aromatic heterocycles. The molecular formula is C19H21FN2O4. The first-order valence-corrected chi connectivity index (χ1v) is 8.13. The molecule has 1 unspecified atom stereocenters. The number of halogens is 1. The van der Waals surface area contributed by atoms with E-state index in [1.165, 1.54) is 24.3 Å². The minimum Gasteiger partial charge on any atom is -0.394 e. The first kappa shape index (κ1) is 19.6. The number of hydrogen-bond donors (Lipinski definition) is 3. The molecule has 138 valence electrons. The van der Waals surface area contributed by atoms with Crippen LogP contribution in [0.2, 0.25) is 0 Å². The van der Waals surface area contributed by atoms with Gasteiger partial charge in [-0.3, -0.25) is 9.59 Å². The fraction of sp³-hybridized carbons (Fsp3) is 0.263. The van der Waals surface area contributed by atoms with Crippen molar-refractivity contribution in [2.24, 2.45) is 0 Å². The maximum atomic E-state index is 12.9. The maximum Gasteiger partial charge on any atom is 0.313 e. The van der Waals surface area contributed by atoms with E-state index in [4.69, 9.17) is 9.84 Å². The quantitative estimate of drug-likeness (QED) is 0.659. The first-order valence-electron chi connectivity index (χ1n) is 8.13. The molecule has 0 heterocycles. The summed E-state index contributed by atoms with van der Waals surface area (Å²) in [6.07, 6.45) is -0.495. The van der Waals surface area contributed by atoms with Crippen molar-refractivity contribution >= 4 is 17.5 Å². The zero-order chi connectivity index (χ0) is 18.9. The third kappa shape index (κ3) is 5.94. The van der Waals surface area contributed by atoms with E-state index < -0.39 is 23.7 Å². The molecule has 2 amide bonds. The van der Waals surface area contributed by atoms with Gasteiger partial charge in [0, 0.05) is 12.2 Å². The molecule has 2 aromatic rings. The lowest BCUT2D eigenvalue weighted by molar-refractivity contribution is -0.136. The van der Waals surface area contributed by atoms with Gasteiger partial charge in [-0.25, -0.2) is 4.39 Å². The summed E-state index contributed by atoms with van der Waals surface area (Å²) in [5.41, 5.74) is 2.22. The van der Waals surface area contributed by atoms with Crippen LogP contribution in [-0.4, -0.2) is 36.7 Å². The van der Waals surface area contributed by atoms with Crippen molar-refractivity contribution in [1.29, 1.82) is 0 Å². The Balaban J connectivity index is 1.93. The van der Waals surface area contributed by atoms with Gasteiger partial charge in [0.1, 0.15) is 5.82 Å². The predicted molar refractivity (Wildman–Crippen MR) is 95.0 cm³/mol. The van der Waals surface area contributed by atoms with Gasteiger partial charge < -0.3 is 20.5 Å². The van der Waals surface area contributed by atoms with Crippen molar-refractivity contribution < 1.29 is 23.8 Å². The molecule has 0 saturated carbocycles. The number of carbonyl (C=O) groups excluding carboxylic acids is 2. The zero-order valence-electron chi connectivity index (χ0n) is 14.4. The van der Waals surface area contributed by atoms with Gasteiger partial charge in [-0.2, -0.15) is 0 Å². The second kappa shape index (κ2) is 9.65. The highest BCUT2D eigenvalue weighted by atomic mass is 19.1. The van der Waals surface area contributed by atoms with E-state index in [2.05, 4.69) is 10.6 Å². The number of nitrogens with one attached hydrogen (secondary N) is 2. The lowest BCUT2D eigenvalue weighted by atomic mass is 10.1. The van der Waals surface area contributed by atoms with Crippen LogP contribution in [-0.2, 0) is 14.3 Å². The van der Waals surface area contributed by atoms with Crippen molar-refractivity contribution in [2.45, 2.75) is 13.0 Å². The Morgan fingerprint density at radius 2 is 1.73 bits per heavy atom. The SMILES string of the molecule is Cc1ccc(C(CNC(=O)C(=O)Nc2ccc(F)cc2)OCCO)cc1. The summed E-state index contributed by atoms with van der Waals surface area (Å²) < 4.78 is 18.4. The number of aryl methyl sites for hydroxylation is 1. The van der Waals surface area contributed by atoms with Crippen LogP contribution < -0.4 is 10.6 Å². The van der Waals surface area contributed by atoms with Crippen molar-refractivity contribution in [2.75, 3.05) is 25.1 Å². The number of anilines is 1. The van der Waals surface area contributed by atoms with Gasteiger partial charge in [0.25, 0.3) is 0 Å². The normalized spacial score (nSPS) is 11.7. The smallest absolute Gasteiger partial charge is 0.313 e. The van der Waals surface area contributed by atoms with Gasteiger partial charge in [0.15, 0.2) is 0 Å². The molecule has 1 atom stereocenters. The topological polar surface area (TPSA) is 87.7 Å². The molecule has 0 aliphatic carbocycles. The number of benzene rings is 2. The summed E-state index contributed by atoms with van der Waals surface area (Å²) in [5, 5.41) is 13.8. The third-order valence-electron chi connectivity index (χ3n) is 3.62. The third-order valence-corrected chi connectivity index (χ3v) is 3.62. The van der Waals surface area contributed by atoms with Crippen LogP contribution in [0.1, 0.15) is 17.2 Å². The van der Waals surface area contributed by atoms with Gasteiger partial charge >= 0.3 is 11.8 Å². The van der Waals surface area contributed by atoms with Gasteiger partial charge in [-0.15, -0.1) is 0 Å². The van der Waals surface area contributed by atoms with Crippen LogP contribution in [0.4, 0.5) is 10.1 Å². The fourth-order valence-electron chi connectivity index (χ4n) is 2.24. The molecule has 0 radical (unpaired) electrons. The molecule has 3 N–H and O–H groups in total. The zero-order valence-corrected chi connectivity index (χ0v) is 14.4. The van der Waals surface area contributed by atoms with Gasteiger partial charge in [-0.05, 0) is 36.8 Å². The number of aliphatic hydroxyl groups excluding tert-OH is 1. The van der Waals surface area contributed by atoms with Crippen molar-refractivity contribution in [3.63, 3.8) is 0 Å². The second-order valence-corrected chi connectivity index (χ2v) is 5.66. The van der Waals surface area contributed by atoms with Gasteiger partial charge in [0.05, 0.1) is 19.3 Å². The first-order chi connectivity index (χ1) is 12.5. The van der Waals surface area contributed by atoms with E-state index in [0.29, 0.717) is 5.69 Å². The van der Waals surface area contributed by atoms with E-state index in [0.717, 1.165) is 11.1 Å². The highest BCUT2D eigenvalue weighted by Gasteiger charge is 2.18. The lowest BCUT2D eigenvalue weighted by Gasteiger charge is -2.18. The summed E-state index contributed by atoms with van der Waals surface area (Å²) in [6, 6.07) is 12.6. The largest absolute Gasteiger partial charge is 0.394 e. The van der Waals surface area contributed by atoms with E-state index in [-0.39, 0.29) is 19.8 Å². The Kier molecular flexibility index (Phi) is 7.25. The van der Waals surface area contributed by atoms with E-state index >= 15 is 0 Å². The van der Waals surface area contributed by atoms with E-state index in [1.807, 2.05) is 31.2 Å². The van der Waals surface area contributed by atoms with Crippen LogP contribution in [0, 0.1) is 12.7 Å². The summed E-state index contributed by atoms with van der Waals surface area (Å²) in [6.45, 7) is 1.98. The number of amides is 2. The molecule has 0 saturated heterocycles. The second-order valence-electron chi connectivity index (χ2n) is 5.66. The number of carbonyl (C=O) groups is 2. The minimum atomic E-state index is -0.860. The highest BCUT2D eigenvalue weighted by molar-refractivity contribution is 6.39. The van der Waals surface area contributed by atoms with Crippen LogP contribution in [0.25, 0.3) is 0 Å². The average Bonchev–Trinajstić information content (AvgIpc) is 2.64. The van der Waals surface area contributed by atoms with Crippen LogP contribution in [0.3, 0.4) is 0 Å². The molecular weight excluding hydrogens is 339 g/mol. The Hall–Kier alpha value is -2.77. The Morgan fingerprint density at radius 3 is 2.35 bits per heavy atom. The minimum absolute atomic E-state index is 0.0682. The van der Waals surface area contributed by atoms with Crippen LogP contribution in [0.5, 0.6) is 0 Å².